The summed E-state index contributed by atoms with van der Waals surface area (Å²) >= 11 is 0. The molecule has 9 rings (SSSR count). The first-order valence-electron chi connectivity index (χ1n) is 18.6. The molecule has 8 aromatic rings. The van der Waals surface area contributed by atoms with Crippen LogP contribution in [0.15, 0.2) is 126 Å². The van der Waals surface area contributed by atoms with Crippen LogP contribution in [0.5, 0.6) is 0 Å². The van der Waals surface area contributed by atoms with Gasteiger partial charge >= 0.3 is 0 Å². The molecule has 0 saturated carbocycles. The van der Waals surface area contributed by atoms with E-state index in [1.54, 1.807) is 5.19 Å². The van der Waals surface area contributed by atoms with Gasteiger partial charge in [-0.2, -0.15) is 0 Å². The molecule has 51 heavy (non-hydrogen) atoms. The van der Waals surface area contributed by atoms with Crippen molar-refractivity contribution in [2.45, 2.75) is 64.3 Å². The van der Waals surface area contributed by atoms with Gasteiger partial charge in [0.15, 0.2) is 0 Å². The summed E-state index contributed by atoms with van der Waals surface area (Å²) in [6, 6.07) is 42.8. The van der Waals surface area contributed by atoms with Crippen molar-refractivity contribution in [1.29, 1.82) is 0 Å². The van der Waals surface area contributed by atoms with E-state index in [9.17, 15) is 0 Å². The quantitative estimate of drug-likeness (QED) is 0.163. The van der Waals surface area contributed by atoms with Gasteiger partial charge in [-0.25, -0.2) is 0 Å². The van der Waals surface area contributed by atoms with Gasteiger partial charge in [0.25, 0.3) is 0 Å². The van der Waals surface area contributed by atoms with E-state index >= 15 is 0 Å². The van der Waals surface area contributed by atoms with Gasteiger partial charge in [-0.15, -0.1) is 0 Å². The molecule has 4 heteroatoms. The van der Waals surface area contributed by atoms with E-state index in [1.165, 1.54) is 55.0 Å². The summed E-state index contributed by atoms with van der Waals surface area (Å²) in [6.07, 6.45) is 4.84. The minimum absolute atomic E-state index is 0.0336. The largest absolute Gasteiger partial charge is 0.456 e. The summed E-state index contributed by atoms with van der Waals surface area (Å²) < 4.78 is 8.72. The van der Waals surface area contributed by atoms with E-state index in [2.05, 4.69) is 173 Å². The minimum Gasteiger partial charge on any atom is -0.456 e. The topological polar surface area (TPSA) is 21.3 Å². The standard InChI is InChI=1S/C47H46N2OSi/c1-29(2)51(30(3)4,31(5)6)36-20-23-41-35(26-36)19-25-46(48(41)7)49-42-21-17-33(28-40(42)47-37-13-9-8-12-32(37)16-22-43(47)49)34-18-24-45-39(27-34)38-14-10-11-15-44(38)50-45/h8-31,46H,1-7H3. The van der Waals surface area contributed by atoms with Crippen LogP contribution in [0.3, 0.4) is 0 Å². The van der Waals surface area contributed by atoms with Crippen molar-refractivity contribution in [3.8, 4) is 11.1 Å². The highest BCUT2D eigenvalue weighted by molar-refractivity contribution is 6.95. The lowest BCUT2D eigenvalue weighted by atomic mass is 9.99. The Hall–Kier alpha value is -5.06. The van der Waals surface area contributed by atoms with Gasteiger partial charge in [-0.1, -0.05) is 126 Å². The van der Waals surface area contributed by atoms with Crippen LogP contribution >= 0.6 is 0 Å². The Bertz CT molecular complexity index is 2650. The highest BCUT2D eigenvalue weighted by atomic mass is 28.3. The average molecular weight is 683 g/mol. The van der Waals surface area contributed by atoms with Crippen molar-refractivity contribution >= 4 is 79.5 Å². The highest BCUT2D eigenvalue weighted by Crippen LogP contribution is 2.45. The Morgan fingerprint density at radius 1 is 0.588 bits per heavy atom. The fourth-order valence-corrected chi connectivity index (χ4v) is 17.0. The third-order valence-electron chi connectivity index (χ3n) is 12.3. The van der Waals surface area contributed by atoms with Gasteiger partial charge in [0.05, 0.1) is 19.1 Å². The predicted octanol–water partition coefficient (Wildman–Crippen LogP) is 13.1. The summed E-state index contributed by atoms with van der Waals surface area (Å²) in [4.78, 5) is 2.47. The molecule has 254 valence electrons. The molecule has 0 amide bonds. The minimum atomic E-state index is -1.78. The number of hydrogen-bond acceptors (Lipinski definition) is 2. The number of aromatic nitrogens is 1. The lowest BCUT2D eigenvalue weighted by Gasteiger charge is -2.44. The van der Waals surface area contributed by atoms with E-state index in [0.29, 0.717) is 16.6 Å². The number of benzene rings is 6. The van der Waals surface area contributed by atoms with E-state index < -0.39 is 8.07 Å². The second kappa shape index (κ2) is 11.7. The molecule has 6 aromatic carbocycles. The number of nitrogens with zero attached hydrogens (tertiary/aromatic N) is 2. The normalized spacial score (nSPS) is 15.2. The van der Waals surface area contributed by atoms with E-state index in [-0.39, 0.29) is 6.17 Å². The molecule has 1 atom stereocenters. The molecule has 3 heterocycles. The maximum Gasteiger partial charge on any atom is 0.135 e. The average Bonchev–Trinajstić information content (AvgIpc) is 3.67. The number of hydrogen-bond donors (Lipinski definition) is 0. The van der Waals surface area contributed by atoms with Crippen LogP contribution in [0.25, 0.3) is 71.7 Å². The predicted molar refractivity (Wildman–Crippen MR) is 223 cm³/mol. The fraction of sp³-hybridized carbons (Fsp3) is 0.234. The summed E-state index contributed by atoms with van der Waals surface area (Å²) in [6.45, 7) is 14.7. The molecule has 0 radical (unpaired) electrons. The third-order valence-corrected chi connectivity index (χ3v) is 19.3. The first kappa shape index (κ1) is 31.9. The maximum absolute atomic E-state index is 6.17. The number of para-hydroxylation sites is 1. The van der Waals surface area contributed by atoms with Crippen LogP contribution in [-0.4, -0.2) is 19.7 Å². The van der Waals surface area contributed by atoms with Crippen LogP contribution in [0.4, 0.5) is 5.69 Å². The first-order valence-corrected chi connectivity index (χ1v) is 20.8. The number of fused-ring (bicyclic) bond motifs is 9. The smallest absolute Gasteiger partial charge is 0.135 e. The molecule has 0 saturated heterocycles. The third kappa shape index (κ3) is 4.62. The molecule has 0 fully saturated rings. The molecular formula is C47H46N2OSi. The second-order valence-electron chi connectivity index (χ2n) is 15.6. The van der Waals surface area contributed by atoms with E-state index in [1.807, 2.05) is 12.1 Å². The lowest BCUT2D eigenvalue weighted by molar-refractivity contribution is 0.626. The van der Waals surface area contributed by atoms with Crippen molar-refractivity contribution in [3.63, 3.8) is 0 Å². The van der Waals surface area contributed by atoms with Crippen molar-refractivity contribution in [3.05, 3.63) is 127 Å². The Balaban J connectivity index is 1.21. The van der Waals surface area contributed by atoms with Crippen LogP contribution in [0.1, 0.15) is 53.3 Å². The Labute approximate surface area is 301 Å². The zero-order valence-corrected chi connectivity index (χ0v) is 31.7. The fourth-order valence-electron chi connectivity index (χ4n) is 10.2. The van der Waals surface area contributed by atoms with E-state index in [4.69, 9.17) is 4.42 Å². The number of anilines is 1. The molecule has 0 N–H and O–H groups in total. The van der Waals surface area contributed by atoms with Crippen LogP contribution < -0.4 is 10.1 Å². The van der Waals surface area contributed by atoms with Crippen molar-refractivity contribution in [2.75, 3.05) is 11.9 Å². The maximum atomic E-state index is 6.17. The summed E-state index contributed by atoms with van der Waals surface area (Å²) in [5.41, 5.74) is 11.4. The second-order valence-corrected chi connectivity index (χ2v) is 21.6. The number of likely N-dealkylation sites (N-methyl/N-ethyl adjacent to an activating group) is 1. The first-order chi connectivity index (χ1) is 24.7. The molecule has 0 spiro atoms. The van der Waals surface area contributed by atoms with Gasteiger partial charge in [0.2, 0.25) is 0 Å². The lowest BCUT2D eigenvalue weighted by Crippen LogP contribution is -2.55. The Kier molecular flexibility index (Phi) is 7.34. The van der Waals surface area contributed by atoms with Crippen LogP contribution in [-0.2, 0) is 0 Å². The van der Waals surface area contributed by atoms with Gasteiger partial charge in [0, 0.05) is 34.3 Å². The molecule has 0 aliphatic carbocycles. The number of furan rings is 1. The highest BCUT2D eigenvalue weighted by Gasteiger charge is 2.44. The zero-order chi connectivity index (χ0) is 35.2. The van der Waals surface area contributed by atoms with Gasteiger partial charge in [-0.3, -0.25) is 0 Å². The summed E-state index contributed by atoms with van der Waals surface area (Å²) in [5.74, 6) is 0. The molecule has 2 aromatic heterocycles. The molecular weight excluding hydrogens is 637 g/mol. The van der Waals surface area contributed by atoms with E-state index in [0.717, 1.165) is 21.9 Å². The molecule has 1 unspecified atom stereocenters. The SMILES string of the molecule is CC(C)[Si](c1ccc2c(c1)C=CC(n1c3ccc(-c4ccc5oc6ccccc6c5c4)cc3c3c4ccccc4ccc31)N2C)(C(C)C)C(C)C. The molecule has 3 nitrogen and oxygen atoms in total. The van der Waals surface area contributed by atoms with Gasteiger partial charge in [0.1, 0.15) is 17.3 Å². The summed E-state index contributed by atoms with van der Waals surface area (Å²) in [5, 5.41) is 9.04. The van der Waals surface area contributed by atoms with Crippen molar-refractivity contribution in [1.82, 2.24) is 4.57 Å². The molecule has 1 aliphatic rings. The molecule has 0 bridgehead atoms. The Morgan fingerprint density at radius 2 is 1.24 bits per heavy atom. The zero-order valence-electron chi connectivity index (χ0n) is 30.7. The van der Waals surface area contributed by atoms with Crippen molar-refractivity contribution < 1.29 is 4.42 Å². The monoisotopic (exact) mass is 682 g/mol. The van der Waals surface area contributed by atoms with Crippen LogP contribution in [0, 0.1) is 0 Å². The van der Waals surface area contributed by atoms with Gasteiger partial charge in [-0.05, 0) is 92.6 Å². The summed E-state index contributed by atoms with van der Waals surface area (Å²) in [7, 11) is 0.491. The number of rotatable bonds is 6. The van der Waals surface area contributed by atoms with Gasteiger partial charge < -0.3 is 13.9 Å². The van der Waals surface area contributed by atoms with Crippen molar-refractivity contribution in [2.24, 2.45) is 0 Å². The Morgan fingerprint density at radius 3 is 2.00 bits per heavy atom. The molecule has 1 aliphatic heterocycles. The van der Waals surface area contributed by atoms with Crippen LogP contribution in [0.2, 0.25) is 16.6 Å².